The molecule has 170 valence electrons. The minimum Gasteiger partial charge on any atom is -0.467 e. The zero-order valence-corrected chi connectivity index (χ0v) is 19.1. The van der Waals surface area contributed by atoms with Gasteiger partial charge >= 0.3 is 5.97 Å². The van der Waals surface area contributed by atoms with Gasteiger partial charge in [0.15, 0.2) is 0 Å². The van der Waals surface area contributed by atoms with Gasteiger partial charge in [0.25, 0.3) is 11.8 Å². The molecule has 0 heterocycles. The van der Waals surface area contributed by atoms with Crippen molar-refractivity contribution < 1.29 is 23.9 Å². The Morgan fingerprint density at radius 1 is 0.875 bits per heavy atom. The maximum absolute atomic E-state index is 12.8. The maximum atomic E-state index is 12.8. The monoisotopic (exact) mass is 438 g/mol. The predicted octanol–water partition coefficient (Wildman–Crippen LogP) is 3.03. The number of rotatable bonds is 9. The van der Waals surface area contributed by atoms with E-state index in [2.05, 4.69) is 5.32 Å². The number of esters is 1. The van der Waals surface area contributed by atoms with Crippen LogP contribution < -0.4 is 5.32 Å². The van der Waals surface area contributed by atoms with Crippen LogP contribution in [0.3, 0.4) is 0 Å². The van der Waals surface area contributed by atoms with E-state index in [0.717, 1.165) is 5.56 Å². The maximum Gasteiger partial charge on any atom is 0.328 e. The predicted molar refractivity (Wildman–Crippen MR) is 121 cm³/mol. The number of methoxy groups -OCH3 is 1. The summed E-state index contributed by atoms with van der Waals surface area (Å²) in [5, 5.41) is 2.67. The second-order valence-electron chi connectivity index (χ2n) is 8.05. The number of nitrogens with one attached hydrogen (secondary N) is 1. The van der Waals surface area contributed by atoms with Gasteiger partial charge in [-0.25, -0.2) is 4.79 Å². The topological polar surface area (TPSA) is 92.8 Å². The highest BCUT2D eigenvalue weighted by molar-refractivity contribution is 6.43. The first kappa shape index (κ1) is 24.8. The summed E-state index contributed by atoms with van der Waals surface area (Å²) in [5.41, 5.74) is 1.15. The van der Waals surface area contributed by atoms with Gasteiger partial charge in [0.2, 0.25) is 5.78 Å². The Labute approximate surface area is 188 Å². The number of carbonyl (C=O) groups is 4. The standard InChI is InChI=1S/C25H30N2O5/c1-16(2)27(17(3)4)24(30)22(28)19-12-9-13-20(15-19)23(29)26-21(25(31)32-5)14-18-10-7-6-8-11-18/h6-13,15-17,21H,14H2,1-5H3,(H,26,29)/t21-/m0/s1. The van der Waals surface area contributed by atoms with E-state index in [1.165, 1.54) is 36.3 Å². The van der Waals surface area contributed by atoms with Crippen LogP contribution in [-0.4, -0.2) is 53.7 Å². The first-order chi connectivity index (χ1) is 15.1. The Bertz CT molecular complexity index is 961. The van der Waals surface area contributed by atoms with Crippen LogP contribution in [0.2, 0.25) is 0 Å². The van der Waals surface area contributed by atoms with Gasteiger partial charge in [-0.3, -0.25) is 14.4 Å². The molecule has 0 aliphatic rings. The fraction of sp³-hybridized carbons (Fsp3) is 0.360. The number of ether oxygens (including phenoxy) is 1. The van der Waals surface area contributed by atoms with Crippen LogP contribution in [0.1, 0.15) is 54.0 Å². The highest BCUT2D eigenvalue weighted by Crippen LogP contribution is 2.13. The summed E-state index contributed by atoms with van der Waals surface area (Å²) >= 11 is 0. The number of ketones is 1. The molecule has 0 spiro atoms. The van der Waals surface area contributed by atoms with Gasteiger partial charge in [-0.1, -0.05) is 42.5 Å². The molecule has 0 bridgehead atoms. The Balaban J connectivity index is 2.22. The molecular weight excluding hydrogens is 408 g/mol. The minimum absolute atomic E-state index is 0.117. The van der Waals surface area contributed by atoms with E-state index in [1.807, 2.05) is 58.0 Å². The van der Waals surface area contributed by atoms with Crippen molar-refractivity contribution in [1.29, 1.82) is 0 Å². The molecule has 32 heavy (non-hydrogen) atoms. The molecular formula is C25H30N2O5. The summed E-state index contributed by atoms with van der Waals surface area (Å²) in [6.07, 6.45) is 0.258. The highest BCUT2D eigenvalue weighted by atomic mass is 16.5. The number of Topliss-reactive ketones (excluding diaryl/α,β-unsaturated/α-hetero) is 1. The van der Waals surface area contributed by atoms with Crippen molar-refractivity contribution in [3.05, 3.63) is 71.3 Å². The van der Waals surface area contributed by atoms with Crippen molar-refractivity contribution in [3.8, 4) is 0 Å². The summed E-state index contributed by atoms with van der Waals surface area (Å²) in [7, 11) is 1.26. The average Bonchev–Trinajstić information content (AvgIpc) is 2.77. The van der Waals surface area contributed by atoms with Gasteiger partial charge in [0.1, 0.15) is 6.04 Å². The van der Waals surface area contributed by atoms with E-state index < -0.39 is 29.6 Å². The SMILES string of the molecule is COC(=O)[C@H](Cc1ccccc1)NC(=O)c1cccc(C(=O)C(=O)N(C(C)C)C(C)C)c1. The summed E-state index contributed by atoms with van der Waals surface area (Å²) < 4.78 is 4.83. The summed E-state index contributed by atoms with van der Waals surface area (Å²) in [5.74, 6) is -2.42. The Kier molecular flexibility index (Phi) is 8.70. The van der Waals surface area contributed by atoms with E-state index in [1.54, 1.807) is 0 Å². The number of nitrogens with zero attached hydrogens (tertiary/aromatic N) is 1. The zero-order chi connectivity index (χ0) is 23.8. The quantitative estimate of drug-likeness (QED) is 0.369. The van der Waals surface area contributed by atoms with E-state index in [4.69, 9.17) is 4.74 Å². The average molecular weight is 439 g/mol. The smallest absolute Gasteiger partial charge is 0.328 e. The van der Waals surface area contributed by atoms with E-state index in [0.29, 0.717) is 0 Å². The molecule has 0 saturated carbocycles. The molecule has 0 radical (unpaired) electrons. The molecule has 2 aromatic carbocycles. The third kappa shape index (κ3) is 6.26. The van der Waals surface area contributed by atoms with Gasteiger partial charge in [-0.15, -0.1) is 0 Å². The van der Waals surface area contributed by atoms with Crippen LogP contribution in [0.4, 0.5) is 0 Å². The Morgan fingerprint density at radius 3 is 2.03 bits per heavy atom. The first-order valence-electron chi connectivity index (χ1n) is 10.5. The summed E-state index contributed by atoms with van der Waals surface area (Å²) in [4.78, 5) is 52.1. The number of hydrogen-bond acceptors (Lipinski definition) is 5. The molecule has 0 aliphatic heterocycles. The van der Waals surface area contributed by atoms with Gasteiger partial charge < -0.3 is 15.0 Å². The van der Waals surface area contributed by atoms with Crippen LogP contribution in [-0.2, 0) is 20.7 Å². The molecule has 7 heteroatoms. The van der Waals surface area contributed by atoms with Crippen molar-refractivity contribution in [3.63, 3.8) is 0 Å². The fourth-order valence-electron chi connectivity index (χ4n) is 3.53. The van der Waals surface area contributed by atoms with Gasteiger partial charge in [-0.2, -0.15) is 0 Å². The Hall–Kier alpha value is -3.48. The number of benzene rings is 2. The highest BCUT2D eigenvalue weighted by Gasteiger charge is 2.28. The van der Waals surface area contributed by atoms with Gasteiger partial charge in [0, 0.05) is 29.6 Å². The van der Waals surface area contributed by atoms with Crippen LogP contribution >= 0.6 is 0 Å². The molecule has 7 nitrogen and oxygen atoms in total. The number of carbonyl (C=O) groups excluding carboxylic acids is 4. The van der Waals surface area contributed by atoms with Gasteiger partial charge in [-0.05, 0) is 45.4 Å². The lowest BCUT2D eigenvalue weighted by Crippen LogP contribution is -2.45. The van der Waals surface area contributed by atoms with Crippen molar-refractivity contribution in [2.45, 2.75) is 52.2 Å². The zero-order valence-electron chi connectivity index (χ0n) is 19.1. The lowest BCUT2D eigenvalue weighted by atomic mass is 10.0. The van der Waals surface area contributed by atoms with Crippen LogP contribution in [0.15, 0.2) is 54.6 Å². The molecule has 0 aromatic heterocycles. The van der Waals surface area contributed by atoms with Crippen molar-refractivity contribution >= 4 is 23.6 Å². The third-order valence-electron chi connectivity index (χ3n) is 5.00. The first-order valence-corrected chi connectivity index (χ1v) is 10.5. The molecule has 0 saturated heterocycles. The van der Waals surface area contributed by atoms with Crippen LogP contribution in [0.5, 0.6) is 0 Å². The fourth-order valence-corrected chi connectivity index (χ4v) is 3.53. The molecule has 0 aliphatic carbocycles. The normalized spacial score (nSPS) is 11.7. The number of amides is 2. The Morgan fingerprint density at radius 2 is 1.47 bits per heavy atom. The van der Waals surface area contributed by atoms with Gasteiger partial charge in [0.05, 0.1) is 7.11 Å². The number of hydrogen-bond donors (Lipinski definition) is 1. The lowest BCUT2D eigenvalue weighted by Gasteiger charge is -2.30. The second kappa shape index (κ2) is 11.2. The molecule has 1 atom stereocenters. The van der Waals surface area contributed by atoms with Crippen molar-refractivity contribution in [1.82, 2.24) is 10.2 Å². The van der Waals surface area contributed by atoms with E-state index >= 15 is 0 Å². The van der Waals surface area contributed by atoms with E-state index in [9.17, 15) is 19.2 Å². The molecule has 1 N–H and O–H groups in total. The van der Waals surface area contributed by atoms with Crippen LogP contribution in [0, 0.1) is 0 Å². The molecule has 2 rings (SSSR count). The summed E-state index contributed by atoms with van der Waals surface area (Å²) in [6, 6.07) is 14.0. The molecule has 0 unspecified atom stereocenters. The minimum atomic E-state index is -0.895. The summed E-state index contributed by atoms with van der Waals surface area (Å²) in [6.45, 7) is 7.37. The largest absolute Gasteiger partial charge is 0.467 e. The van der Waals surface area contributed by atoms with Crippen molar-refractivity contribution in [2.24, 2.45) is 0 Å². The van der Waals surface area contributed by atoms with Crippen LogP contribution in [0.25, 0.3) is 0 Å². The second-order valence-corrected chi connectivity index (χ2v) is 8.05. The third-order valence-corrected chi connectivity index (χ3v) is 5.00. The van der Waals surface area contributed by atoms with Crippen molar-refractivity contribution in [2.75, 3.05) is 7.11 Å². The van der Waals surface area contributed by atoms with E-state index in [-0.39, 0.29) is 29.6 Å². The molecule has 0 fully saturated rings. The lowest BCUT2D eigenvalue weighted by molar-refractivity contribution is -0.142. The molecule has 2 aromatic rings. The molecule has 2 amide bonds.